The molecule has 1 N–H and O–H groups in total. The number of rotatable bonds is 2. The molecule has 84 valence electrons. The Morgan fingerprint density at radius 1 is 1.56 bits per heavy atom. The summed E-state index contributed by atoms with van der Waals surface area (Å²) in [6, 6.07) is 3.54. The van der Waals surface area contributed by atoms with Crippen LogP contribution >= 0.6 is 0 Å². The van der Waals surface area contributed by atoms with E-state index in [0.717, 1.165) is 6.07 Å². The maximum Gasteiger partial charge on any atom is 0.317 e. The Labute approximate surface area is 92.9 Å². The highest BCUT2D eigenvalue weighted by molar-refractivity contribution is 5.72. The number of carbonyl (C=O) groups excluding carboxylic acids is 1. The molecule has 16 heavy (non-hydrogen) atoms. The third kappa shape index (κ3) is 3.62. The smallest absolute Gasteiger partial charge is 0.317 e. The van der Waals surface area contributed by atoms with Crippen molar-refractivity contribution in [2.24, 2.45) is 0 Å². The lowest BCUT2D eigenvalue weighted by Gasteiger charge is -1.96. The van der Waals surface area contributed by atoms with Crippen LogP contribution < -0.4 is 0 Å². The van der Waals surface area contributed by atoms with Crippen LogP contribution in [-0.4, -0.2) is 17.7 Å². The molecule has 0 aliphatic heterocycles. The summed E-state index contributed by atoms with van der Waals surface area (Å²) < 4.78 is 17.8. The first-order valence-corrected chi connectivity index (χ1v) is 4.76. The molecule has 1 aromatic rings. The molecular weight excluding hydrogens is 211 g/mol. The second-order valence-electron chi connectivity index (χ2n) is 2.95. The third-order valence-electron chi connectivity index (χ3n) is 1.71. The van der Waals surface area contributed by atoms with Gasteiger partial charge in [0.15, 0.2) is 0 Å². The van der Waals surface area contributed by atoms with Crippen LogP contribution in [0.4, 0.5) is 4.39 Å². The molecule has 3 nitrogen and oxygen atoms in total. The van der Waals surface area contributed by atoms with Crippen LogP contribution in [-0.2, 0) is 9.53 Å². The normalized spacial score (nSPS) is 9.12. The van der Waals surface area contributed by atoms with Crippen LogP contribution in [0.1, 0.15) is 18.9 Å². The van der Waals surface area contributed by atoms with Crippen LogP contribution in [0, 0.1) is 17.7 Å². The summed E-state index contributed by atoms with van der Waals surface area (Å²) in [5, 5.41) is 9.10. The first kappa shape index (κ1) is 12.1. The van der Waals surface area contributed by atoms with Crippen molar-refractivity contribution >= 4 is 5.97 Å². The number of carbonyl (C=O) groups is 1. The number of hydrogen-bond donors (Lipinski definition) is 1. The lowest BCUT2D eigenvalue weighted by atomic mass is 10.2. The number of hydrogen-bond acceptors (Lipinski definition) is 3. The van der Waals surface area contributed by atoms with E-state index in [2.05, 4.69) is 16.6 Å². The van der Waals surface area contributed by atoms with E-state index in [0.29, 0.717) is 6.61 Å². The fraction of sp³-hybridized carbons (Fsp3) is 0.250. The van der Waals surface area contributed by atoms with Gasteiger partial charge in [0.05, 0.1) is 12.2 Å². The van der Waals surface area contributed by atoms with E-state index in [9.17, 15) is 9.18 Å². The molecule has 0 radical (unpaired) electrons. The van der Waals surface area contributed by atoms with Gasteiger partial charge in [-0.2, -0.15) is 0 Å². The summed E-state index contributed by atoms with van der Waals surface area (Å²) >= 11 is 0. The summed E-state index contributed by atoms with van der Waals surface area (Å²) in [4.78, 5) is 10.9. The van der Waals surface area contributed by atoms with Gasteiger partial charge in [0.2, 0.25) is 0 Å². The molecule has 1 aromatic carbocycles. The molecule has 0 aliphatic rings. The van der Waals surface area contributed by atoms with Crippen molar-refractivity contribution in [3.63, 3.8) is 0 Å². The number of phenolic OH excluding ortho intramolecular Hbond substituents is 1. The van der Waals surface area contributed by atoms with Gasteiger partial charge in [0, 0.05) is 0 Å². The Kier molecular flexibility index (Phi) is 4.34. The zero-order valence-electron chi connectivity index (χ0n) is 8.79. The van der Waals surface area contributed by atoms with Crippen LogP contribution in [0.2, 0.25) is 0 Å². The van der Waals surface area contributed by atoms with Gasteiger partial charge in [0.25, 0.3) is 0 Å². The average Bonchev–Trinajstić information content (AvgIpc) is 2.23. The van der Waals surface area contributed by atoms with E-state index >= 15 is 0 Å². The van der Waals surface area contributed by atoms with Crippen molar-refractivity contribution in [1.82, 2.24) is 0 Å². The molecule has 0 bridgehead atoms. The summed E-state index contributed by atoms with van der Waals surface area (Å²) in [5.74, 6) is 3.89. The standard InChI is InChI=1S/C12H11FO3/c1-2-16-12(15)5-3-4-9-8-10(14)6-7-11(9)13/h6-8,14H,2,5H2,1H3. The highest BCUT2D eigenvalue weighted by atomic mass is 19.1. The molecule has 0 saturated heterocycles. The summed E-state index contributed by atoms with van der Waals surface area (Å²) in [6.07, 6.45) is -0.0943. The van der Waals surface area contributed by atoms with E-state index in [1.807, 2.05) is 0 Å². The lowest BCUT2D eigenvalue weighted by Crippen LogP contribution is -2.01. The van der Waals surface area contributed by atoms with Gasteiger partial charge in [0.1, 0.15) is 18.0 Å². The molecule has 0 saturated carbocycles. The Morgan fingerprint density at radius 3 is 3.00 bits per heavy atom. The minimum atomic E-state index is -0.533. The van der Waals surface area contributed by atoms with Crippen LogP contribution in [0.25, 0.3) is 0 Å². The largest absolute Gasteiger partial charge is 0.508 e. The zero-order chi connectivity index (χ0) is 12.0. The van der Waals surface area contributed by atoms with Crippen molar-refractivity contribution in [1.29, 1.82) is 0 Å². The second-order valence-corrected chi connectivity index (χ2v) is 2.95. The van der Waals surface area contributed by atoms with Gasteiger partial charge >= 0.3 is 5.97 Å². The number of halogens is 1. The fourth-order valence-corrected chi connectivity index (χ4v) is 1.03. The molecule has 0 heterocycles. The number of phenols is 1. The maximum absolute atomic E-state index is 13.1. The molecule has 1 rings (SSSR count). The molecule has 4 heteroatoms. The van der Waals surface area contributed by atoms with Crippen LogP contribution in [0.5, 0.6) is 5.75 Å². The predicted octanol–water partition coefficient (Wildman–Crippen LogP) is 1.84. The van der Waals surface area contributed by atoms with Gasteiger partial charge in [-0.05, 0) is 25.1 Å². The predicted molar refractivity (Wildman–Crippen MR) is 56.2 cm³/mol. The Bertz CT molecular complexity index is 443. The van der Waals surface area contributed by atoms with Gasteiger partial charge < -0.3 is 9.84 Å². The molecule has 0 amide bonds. The maximum atomic E-state index is 13.1. The quantitative estimate of drug-likeness (QED) is 0.613. The van der Waals surface area contributed by atoms with Gasteiger partial charge in [-0.1, -0.05) is 11.8 Å². The van der Waals surface area contributed by atoms with Crippen molar-refractivity contribution in [3.05, 3.63) is 29.6 Å². The minimum Gasteiger partial charge on any atom is -0.508 e. The number of ether oxygens (including phenoxy) is 1. The lowest BCUT2D eigenvalue weighted by molar-refractivity contribution is -0.141. The van der Waals surface area contributed by atoms with E-state index in [1.165, 1.54) is 12.1 Å². The Hall–Kier alpha value is -2.02. The first-order valence-electron chi connectivity index (χ1n) is 4.76. The topological polar surface area (TPSA) is 46.5 Å². The highest BCUT2D eigenvalue weighted by Gasteiger charge is 2.00. The Morgan fingerprint density at radius 2 is 2.31 bits per heavy atom. The monoisotopic (exact) mass is 222 g/mol. The zero-order valence-corrected chi connectivity index (χ0v) is 8.79. The fourth-order valence-electron chi connectivity index (χ4n) is 1.03. The van der Waals surface area contributed by atoms with Crippen LogP contribution in [0.15, 0.2) is 18.2 Å². The molecular formula is C12H11FO3. The second kappa shape index (κ2) is 5.76. The first-order chi connectivity index (χ1) is 7.63. The van der Waals surface area contributed by atoms with Crippen LogP contribution in [0.3, 0.4) is 0 Å². The van der Waals surface area contributed by atoms with Gasteiger partial charge in [-0.3, -0.25) is 4.79 Å². The third-order valence-corrected chi connectivity index (χ3v) is 1.71. The van der Waals surface area contributed by atoms with Gasteiger partial charge in [-0.25, -0.2) is 4.39 Å². The van der Waals surface area contributed by atoms with E-state index in [-0.39, 0.29) is 17.7 Å². The average molecular weight is 222 g/mol. The van der Waals surface area contributed by atoms with Crippen molar-refractivity contribution in [2.45, 2.75) is 13.3 Å². The van der Waals surface area contributed by atoms with Crippen molar-refractivity contribution in [3.8, 4) is 17.6 Å². The molecule has 0 spiro atoms. The van der Waals surface area contributed by atoms with E-state index in [1.54, 1.807) is 6.92 Å². The number of benzene rings is 1. The molecule has 0 atom stereocenters. The molecule has 0 fully saturated rings. The van der Waals surface area contributed by atoms with E-state index < -0.39 is 11.8 Å². The SMILES string of the molecule is CCOC(=O)CC#Cc1cc(O)ccc1F. The summed E-state index contributed by atoms with van der Waals surface area (Å²) in [5.41, 5.74) is 0.0595. The summed E-state index contributed by atoms with van der Waals surface area (Å²) in [7, 11) is 0. The minimum absolute atomic E-state index is 0.0595. The molecule has 0 aliphatic carbocycles. The van der Waals surface area contributed by atoms with E-state index in [4.69, 9.17) is 5.11 Å². The summed E-state index contributed by atoms with van der Waals surface area (Å²) in [6.45, 7) is 1.99. The molecule has 0 aromatic heterocycles. The number of esters is 1. The number of aromatic hydroxyl groups is 1. The highest BCUT2D eigenvalue weighted by Crippen LogP contribution is 2.13. The van der Waals surface area contributed by atoms with Crippen molar-refractivity contribution < 1.29 is 19.0 Å². The van der Waals surface area contributed by atoms with Gasteiger partial charge in [-0.15, -0.1) is 0 Å². The molecule has 0 unspecified atom stereocenters. The Balaban J connectivity index is 2.69. The van der Waals surface area contributed by atoms with Crippen molar-refractivity contribution in [2.75, 3.05) is 6.61 Å².